The molecule has 0 bridgehead atoms. The summed E-state index contributed by atoms with van der Waals surface area (Å²) in [5, 5.41) is 5.77. The molecule has 3 aromatic rings. The van der Waals surface area contributed by atoms with E-state index in [1.807, 2.05) is 85.7 Å². The Balaban J connectivity index is 1.46. The maximum absolute atomic E-state index is 12.3. The van der Waals surface area contributed by atoms with Crippen molar-refractivity contribution >= 4 is 29.1 Å². The molecule has 0 heterocycles. The number of nitrogens with zero attached hydrogens (tertiary/aromatic N) is 1. The molecule has 7 nitrogen and oxygen atoms in total. The Morgan fingerprint density at radius 2 is 1.47 bits per heavy atom. The van der Waals surface area contributed by atoms with Gasteiger partial charge < -0.3 is 25.0 Å². The van der Waals surface area contributed by atoms with Crippen LogP contribution in [0.25, 0.3) is 0 Å². The van der Waals surface area contributed by atoms with Gasteiger partial charge in [0.2, 0.25) is 0 Å². The molecule has 0 radical (unpaired) electrons. The van der Waals surface area contributed by atoms with Crippen molar-refractivity contribution in [1.82, 2.24) is 5.32 Å². The Morgan fingerprint density at radius 1 is 0.875 bits per heavy atom. The van der Waals surface area contributed by atoms with E-state index in [1.165, 1.54) is 0 Å². The highest BCUT2D eigenvalue weighted by Gasteiger charge is 2.18. The summed E-state index contributed by atoms with van der Waals surface area (Å²) in [6.45, 7) is 1.67. The molecular formula is C25H27N3O4. The molecule has 2 N–H and O–H groups in total. The van der Waals surface area contributed by atoms with E-state index in [1.54, 1.807) is 19.1 Å². The predicted molar refractivity (Wildman–Crippen MR) is 125 cm³/mol. The maximum Gasteiger partial charge on any atom is 0.408 e. The van der Waals surface area contributed by atoms with Crippen LogP contribution in [0.4, 0.5) is 21.9 Å². The van der Waals surface area contributed by atoms with E-state index in [0.29, 0.717) is 5.75 Å². The lowest BCUT2D eigenvalue weighted by molar-refractivity contribution is -0.136. The third-order valence-corrected chi connectivity index (χ3v) is 4.65. The van der Waals surface area contributed by atoms with Crippen LogP contribution < -0.4 is 20.3 Å². The largest absolute Gasteiger partial charge is 0.445 e. The number of carbonyl (C=O) groups is 2. The van der Waals surface area contributed by atoms with Crippen molar-refractivity contribution in [2.75, 3.05) is 24.3 Å². The minimum absolute atomic E-state index is 0.126. The molecule has 3 rings (SSSR count). The van der Waals surface area contributed by atoms with E-state index >= 15 is 0 Å². The first-order chi connectivity index (χ1) is 15.4. The summed E-state index contributed by atoms with van der Waals surface area (Å²) in [5.41, 5.74) is 3.79. The van der Waals surface area contributed by atoms with Crippen molar-refractivity contribution in [3.63, 3.8) is 0 Å². The zero-order chi connectivity index (χ0) is 22.9. The Kier molecular flexibility index (Phi) is 7.70. The third kappa shape index (κ3) is 6.77. The van der Waals surface area contributed by atoms with Crippen LogP contribution in [0.1, 0.15) is 12.5 Å². The van der Waals surface area contributed by atoms with E-state index in [-0.39, 0.29) is 6.61 Å². The molecule has 166 valence electrons. The van der Waals surface area contributed by atoms with Gasteiger partial charge in [-0.25, -0.2) is 9.59 Å². The van der Waals surface area contributed by atoms with Crippen LogP contribution in [0.15, 0.2) is 78.9 Å². The summed E-state index contributed by atoms with van der Waals surface area (Å²) in [6.07, 6.45) is -0.682. The summed E-state index contributed by atoms with van der Waals surface area (Å²) in [7, 11) is 3.99. The molecule has 0 fully saturated rings. The Labute approximate surface area is 188 Å². The molecule has 0 unspecified atom stereocenters. The number of anilines is 3. The van der Waals surface area contributed by atoms with Crippen molar-refractivity contribution in [2.45, 2.75) is 19.6 Å². The molecule has 0 saturated carbocycles. The smallest absolute Gasteiger partial charge is 0.408 e. The van der Waals surface area contributed by atoms with Crippen molar-refractivity contribution in [3.05, 3.63) is 84.4 Å². The number of amides is 1. The molecule has 1 amide bonds. The lowest BCUT2D eigenvalue weighted by Gasteiger charge is -2.14. The lowest BCUT2D eigenvalue weighted by Crippen LogP contribution is -2.41. The second kappa shape index (κ2) is 10.9. The van der Waals surface area contributed by atoms with Gasteiger partial charge in [-0.3, -0.25) is 0 Å². The topological polar surface area (TPSA) is 79.9 Å². The number of ether oxygens (including phenoxy) is 2. The van der Waals surface area contributed by atoms with Gasteiger partial charge in [0, 0.05) is 31.2 Å². The van der Waals surface area contributed by atoms with E-state index in [4.69, 9.17) is 9.47 Å². The van der Waals surface area contributed by atoms with E-state index < -0.39 is 18.1 Å². The highest BCUT2D eigenvalue weighted by atomic mass is 16.6. The van der Waals surface area contributed by atoms with Gasteiger partial charge in [-0.05, 0) is 61.0 Å². The molecule has 0 aliphatic heterocycles. The van der Waals surface area contributed by atoms with E-state index in [2.05, 4.69) is 10.6 Å². The molecule has 0 aliphatic rings. The number of rotatable bonds is 8. The number of alkyl carbamates (subject to hydrolysis) is 1. The molecule has 0 saturated heterocycles. The summed E-state index contributed by atoms with van der Waals surface area (Å²) < 4.78 is 10.5. The van der Waals surface area contributed by atoms with Crippen LogP contribution in [-0.2, 0) is 16.1 Å². The maximum atomic E-state index is 12.3. The number of hydrogen-bond acceptors (Lipinski definition) is 6. The second-order valence-corrected chi connectivity index (χ2v) is 7.44. The van der Waals surface area contributed by atoms with Gasteiger partial charge in [0.25, 0.3) is 0 Å². The predicted octanol–water partition coefficient (Wildman–Crippen LogP) is 4.72. The minimum Gasteiger partial charge on any atom is -0.445 e. The zero-order valence-electron chi connectivity index (χ0n) is 18.4. The fraction of sp³-hybridized carbons (Fsp3) is 0.200. The number of esters is 1. The third-order valence-electron chi connectivity index (χ3n) is 4.65. The van der Waals surface area contributed by atoms with Crippen LogP contribution >= 0.6 is 0 Å². The highest BCUT2D eigenvalue weighted by Crippen LogP contribution is 2.22. The monoisotopic (exact) mass is 433 g/mol. The van der Waals surface area contributed by atoms with Gasteiger partial charge in [0.15, 0.2) is 0 Å². The molecule has 0 aliphatic carbocycles. The standard InChI is InChI=1S/C25H27N3O4/c1-18(26-25(30)31-17-19-7-5-4-6-8-19)24(29)32-23-15-11-21(12-16-23)27-20-9-13-22(14-10-20)28(2)3/h4-16,18,27H,17H2,1-3H3,(H,26,30)/t18-/m0/s1. The van der Waals surface area contributed by atoms with Gasteiger partial charge >= 0.3 is 12.1 Å². The van der Waals surface area contributed by atoms with Gasteiger partial charge in [-0.1, -0.05) is 30.3 Å². The van der Waals surface area contributed by atoms with Crippen LogP contribution in [0.2, 0.25) is 0 Å². The number of nitrogens with one attached hydrogen (secondary N) is 2. The van der Waals surface area contributed by atoms with Crippen molar-refractivity contribution < 1.29 is 19.1 Å². The summed E-state index contributed by atoms with van der Waals surface area (Å²) >= 11 is 0. The fourth-order valence-corrected chi connectivity index (χ4v) is 2.82. The molecular weight excluding hydrogens is 406 g/mol. The number of hydrogen-bond donors (Lipinski definition) is 2. The van der Waals surface area contributed by atoms with Crippen molar-refractivity contribution in [3.8, 4) is 5.75 Å². The van der Waals surface area contributed by atoms with Crippen LogP contribution in [0.5, 0.6) is 5.75 Å². The molecule has 3 aromatic carbocycles. The molecule has 0 spiro atoms. The summed E-state index contributed by atoms with van der Waals surface area (Å²) in [5.74, 6) is -0.198. The SMILES string of the molecule is C[C@H](NC(=O)OCc1ccccc1)C(=O)Oc1ccc(Nc2ccc(N(C)C)cc2)cc1. The Hall–Kier alpha value is -4.00. The van der Waals surface area contributed by atoms with Gasteiger partial charge in [0.1, 0.15) is 18.4 Å². The Bertz CT molecular complexity index is 1020. The molecule has 7 heteroatoms. The first-order valence-electron chi connectivity index (χ1n) is 10.2. The summed E-state index contributed by atoms with van der Waals surface area (Å²) in [4.78, 5) is 26.2. The Morgan fingerprint density at radius 3 is 2.06 bits per heavy atom. The van der Waals surface area contributed by atoms with E-state index in [9.17, 15) is 9.59 Å². The van der Waals surface area contributed by atoms with Crippen LogP contribution in [-0.4, -0.2) is 32.2 Å². The highest BCUT2D eigenvalue weighted by molar-refractivity contribution is 5.82. The molecule has 0 aromatic heterocycles. The normalized spacial score (nSPS) is 11.2. The van der Waals surface area contributed by atoms with Crippen LogP contribution in [0.3, 0.4) is 0 Å². The first kappa shape index (κ1) is 22.7. The summed E-state index contributed by atoms with van der Waals surface area (Å²) in [6, 6.07) is 23.5. The van der Waals surface area contributed by atoms with Crippen molar-refractivity contribution in [2.24, 2.45) is 0 Å². The van der Waals surface area contributed by atoms with Crippen LogP contribution in [0, 0.1) is 0 Å². The van der Waals surface area contributed by atoms with Gasteiger partial charge in [0.05, 0.1) is 0 Å². The average molecular weight is 434 g/mol. The van der Waals surface area contributed by atoms with Crippen molar-refractivity contribution in [1.29, 1.82) is 0 Å². The van der Waals surface area contributed by atoms with Gasteiger partial charge in [-0.15, -0.1) is 0 Å². The van der Waals surface area contributed by atoms with E-state index in [0.717, 1.165) is 22.6 Å². The second-order valence-electron chi connectivity index (χ2n) is 7.44. The quantitative estimate of drug-likeness (QED) is 0.395. The molecule has 1 atom stereocenters. The number of carbonyl (C=O) groups excluding carboxylic acids is 2. The zero-order valence-corrected chi connectivity index (χ0v) is 18.4. The lowest BCUT2D eigenvalue weighted by atomic mass is 10.2. The number of benzene rings is 3. The fourth-order valence-electron chi connectivity index (χ4n) is 2.82. The molecule has 32 heavy (non-hydrogen) atoms. The van der Waals surface area contributed by atoms with Gasteiger partial charge in [-0.2, -0.15) is 0 Å². The average Bonchev–Trinajstić information content (AvgIpc) is 2.80. The first-order valence-corrected chi connectivity index (χ1v) is 10.2. The minimum atomic E-state index is -0.855.